The van der Waals surface area contributed by atoms with Crippen LogP contribution in [0.1, 0.15) is 13.3 Å². The summed E-state index contributed by atoms with van der Waals surface area (Å²) in [5.74, 6) is 0.525. The Balaban J connectivity index is 2.22. The quantitative estimate of drug-likeness (QED) is 0.538. The van der Waals surface area contributed by atoms with Crippen LogP contribution in [0.3, 0.4) is 0 Å². The number of hydrogen-bond acceptors (Lipinski definition) is 4. The molecular formula is C9H19NO3. The van der Waals surface area contributed by atoms with E-state index in [-0.39, 0.29) is 13.2 Å². The molecule has 0 aromatic heterocycles. The number of aliphatic hydroxyl groups excluding tert-OH is 2. The van der Waals surface area contributed by atoms with Crippen LogP contribution in [0.4, 0.5) is 0 Å². The predicted molar refractivity (Wildman–Crippen MR) is 49.5 cm³/mol. The fraction of sp³-hybridized carbons (Fsp3) is 1.00. The lowest BCUT2D eigenvalue weighted by atomic mass is 10.0. The molecule has 13 heavy (non-hydrogen) atoms. The van der Waals surface area contributed by atoms with Crippen molar-refractivity contribution in [3.05, 3.63) is 0 Å². The van der Waals surface area contributed by atoms with Crippen LogP contribution in [0.2, 0.25) is 0 Å². The summed E-state index contributed by atoms with van der Waals surface area (Å²) in [7, 11) is 0. The van der Waals surface area contributed by atoms with Gasteiger partial charge in [0, 0.05) is 13.2 Å². The maximum absolute atomic E-state index is 9.01. The van der Waals surface area contributed by atoms with Gasteiger partial charge in [-0.1, -0.05) is 0 Å². The predicted octanol–water partition coefficient (Wildman–Crippen LogP) is -0.644. The summed E-state index contributed by atoms with van der Waals surface area (Å²) in [6, 6.07) is 0. The third-order valence-electron chi connectivity index (χ3n) is 2.54. The van der Waals surface area contributed by atoms with Crippen molar-refractivity contribution >= 4 is 0 Å². The van der Waals surface area contributed by atoms with Gasteiger partial charge in [-0.2, -0.15) is 0 Å². The Labute approximate surface area is 78.9 Å². The highest BCUT2D eigenvalue weighted by molar-refractivity contribution is 4.82. The summed E-state index contributed by atoms with van der Waals surface area (Å²) in [6.07, 6.45) is 1.07. The summed E-state index contributed by atoms with van der Waals surface area (Å²) in [5, 5.41) is 21.2. The Morgan fingerprint density at radius 3 is 2.62 bits per heavy atom. The van der Waals surface area contributed by atoms with E-state index in [1.807, 2.05) is 6.92 Å². The minimum atomic E-state index is -0.553. The van der Waals surface area contributed by atoms with E-state index in [1.54, 1.807) is 0 Å². The molecule has 3 N–H and O–H groups in total. The SMILES string of the molecule is CC(CO)(CO)NCC1CCOC1. The van der Waals surface area contributed by atoms with Crippen LogP contribution < -0.4 is 5.32 Å². The summed E-state index contributed by atoms with van der Waals surface area (Å²) >= 11 is 0. The van der Waals surface area contributed by atoms with E-state index in [0.29, 0.717) is 5.92 Å². The highest BCUT2D eigenvalue weighted by Crippen LogP contribution is 2.12. The van der Waals surface area contributed by atoms with Crippen LogP contribution in [0.25, 0.3) is 0 Å². The van der Waals surface area contributed by atoms with Gasteiger partial charge in [-0.3, -0.25) is 0 Å². The second-order valence-corrected chi connectivity index (χ2v) is 3.99. The van der Waals surface area contributed by atoms with Crippen LogP contribution >= 0.6 is 0 Å². The van der Waals surface area contributed by atoms with Crippen LogP contribution in [0, 0.1) is 5.92 Å². The molecule has 0 spiro atoms. The molecule has 78 valence electrons. The lowest BCUT2D eigenvalue weighted by Gasteiger charge is -2.27. The fourth-order valence-electron chi connectivity index (χ4n) is 1.30. The Kier molecular flexibility index (Phi) is 4.12. The monoisotopic (exact) mass is 189 g/mol. The molecule has 1 heterocycles. The second kappa shape index (κ2) is 4.91. The molecule has 0 aromatic carbocycles. The second-order valence-electron chi connectivity index (χ2n) is 3.99. The van der Waals surface area contributed by atoms with Crippen LogP contribution in [0.5, 0.6) is 0 Å². The summed E-state index contributed by atoms with van der Waals surface area (Å²) in [5.41, 5.74) is -0.553. The first-order chi connectivity index (χ1) is 6.20. The Morgan fingerprint density at radius 1 is 1.46 bits per heavy atom. The number of nitrogens with one attached hydrogen (secondary N) is 1. The van der Waals surface area contributed by atoms with E-state index in [1.165, 1.54) is 0 Å². The maximum Gasteiger partial charge on any atom is 0.0633 e. The van der Waals surface area contributed by atoms with Crippen molar-refractivity contribution in [2.45, 2.75) is 18.9 Å². The highest BCUT2D eigenvalue weighted by atomic mass is 16.5. The first-order valence-corrected chi connectivity index (χ1v) is 4.75. The molecule has 4 nitrogen and oxygen atoms in total. The van der Waals surface area contributed by atoms with E-state index in [4.69, 9.17) is 14.9 Å². The molecule has 0 amide bonds. The van der Waals surface area contributed by atoms with Crippen LogP contribution in [-0.4, -0.2) is 48.7 Å². The molecular weight excluding hydrogens is 170 g/mol. The van der Waals surface area contributed by atoms with Gasteiger partial charge in [0.1, 0.15) is 0 Å². The third-order valence-corrected chi connectivity index (χ3v) is 2.54. The third kappa shape index (κ3) is 3.23. The topological polar surface area (TPSA) is 61.7 Å². The highest BCUT2D eigenvalue weighted by Gasteiger charge is 2.24. The van der Waals surface area contributed by atoms with Crippen molar-refractivity contribution in [2.24, 2.45) is 5.92 Å². The molecule has 0 aromatic rings. The summed E-state index contributed by atoms with van der Waals surface area (Å²) in [6.45, 7) is 4.15. The van der Waals surface area contributed by atoms with Gasteiger partial charge < -0.3 is 20.3 Å². The molecule has 1 unspecified atom stereocenters. The largest absolute Gasteiger partial charge is 0.394 e. The van der Waals surface area contributed by atoms with Gasteiger partial charge in [-0.15, -0.1) is 0 Å². The Bertz CT molecular complexity index is 142. The van der Waals surface area contributed by atoms with Crippen molar-refractivity contribution < 1.29 is 14.9 Å². The molecule has 1 aliphatic heterocycles. The average Bonchev–Trinajstić information content (AvgIpc) is 2.67. The molecule has 1 rings (SSSR count). The number of ether oxygens (including phenoxy) is 1. The first kappa shape index (κ1) is 10.9. The standard InChI is InChI=1S/C9H19NO3/c1-9(6-11,7-12)10-4-8-2-3-13-5-8/h8,10-12H,2-7H2,1H3. The number of aliphatic hydroxyl groups is 2. The van der Waals surface area contributed by atoms with E-state index in [2.05, 4.69) is 5.32 Å². The summed E-state index contributed by atoms with van der Waals surface area (Å²) in [4.78, 5) is 0. The van der Waals surface area contributed by atoms with Crippen molar-refractivity contribution in [1.29, 1.82) is 0 Å². The average molecular weight is 189 g/mol. The van der Waals surface area contributed by atoms with E-state index in [9.17, 15) is 0 Å². The molecule has 1 saturated heterocycles. The molecule has 0 radical (unpaired) electrons. The first-order valence-electron chi connectivity index (χ1n) is 4.75. The van der Waals surface area contributed by atoms with Crippen LogP contribution in [-0.2, 0) is 4.74 Å². The lowest BCUT2D eigenvalue weighted by molar-refractivity contribution is 0.0988. The van der Waals surface area contributed by atoms with Gasteiger partial charge in [0.25, 0.3) is 0 Å². The minimum Gasteiger partial charge on any atom is -0.394 e. The van der Waals surface area contributed by atoms with E-state index in [0.717, 1.165) is 26.2 Å². The van der Waals surface area contributed by atoms with Gasteiger partial charge in [-0.05, 0) is 19.3 Å². The Morgan fingerprint density at radius 2 is 2.15 bits per heavy atom. The van der Waals surface area contributed by atoms with Crippen molar-refractivity contribution in [1.82, 2.24) is 5.32 Å². The molecule has 0 aliphatic carbocycles. The number of hydrogen-bond donors (Lipinski definition) is 3. The van der Waals surface area contributed by atoms with Crippen LogP contribution in [0.15, 0.2) is 0 Å². The van der Waals surface area contributed by atoms with Crippen molar-refractivity contribution in [3.8, 4) is 0 Å². The van der Waals surface area contributed by atoms with E-state index < -0.39 is 5.54 Å². The zero-order valence-electron chi connectivity index (χ0n) is 8.12. The summed E-state index contributed by atoms with van der Waals surface area (Å²) < 4.78 is 5.22. The molecule has 1 fully saturated rings. The molecule has 0 bridgehead atoms. The molecule has 4 heteroatoms. The van der Waals surface area contributed by atoms with Gasteiger partial charge >= 0.3 is 0 Å². The fourth-order valence-corrected chi connectivity index (χ4v) is 1.30. The molecule has 0 saturated carbocycles. The van der Waals surface area contributed by atoms with Gasteiger partial charge in [0.2, 0.25) is 0 Å². The van der Waals surface area contributed by atoms with E-state index >= 15 is 0 Å². The molecule has 1 atom stereocenters. The minimum absolute atomic E-state index is 0.0446. The van der Waals surface area contributed by atoms with Gasteiger partial charge in [0.05, 0.1) is 25.4 Å². The zero-order valence-corrected chi connectivity index (χ0v) is 8.12. The Hall–Kier alpha value is -0.160. The van der Waals surface area contributed by atoms with Crippen molar-refractivity contribution in [2.75, 3.05) is 33.0 Å². The van der Waals surface area contributed by atoms with Gasteiger partial charge in [-0.25, -0.2) is 0 Å². The lowest BCUT2D eigenvalue weighted by Crippen LogP contribution is -2.50. The normalized spacial score (nSPS) is 23.8. The smallest absolute Gasteiger partial charge is 0.0633 e. The number of rotatable bonds is 5. The van der Waals surface area contributed by atoms with Gasteiger partial charge in [0.15, 0.2) is 0 Å². The van der Waals surface area contributed by atoms with Crippen molar-refractivity contribution in [3.63, 3.8) is 0 Å². The zero-order chi connectivity index (χ0) is 9.73. The maximum atomic E-state index is 9.01. The molecule has 1 aliphatic rings.